The topological polar surface area (TPSA) is 98.0 Å². The quantitative estimate of drug-likeness (QED) is 0.424. The van der Waals surface area contributed by atoms with Crippen molar-refractivity contribution < 1.29 is 5.11 Å². The molecule has 0 radical (unpaired) electrons. The van der Waals surface area contributed by atoms with E-state index in [1.54, 1.807) is 18.5 Å². The summed E-state index contributed by atoms with van der Waals surface area (Å²) in [6.45, 7) is 8.18. The van der Waals surface area contributed by atoms with E-state index in [1.165, 1.54) is 0 Å². The van der Waals surface area contributed by atoms with Crippen LogP contribution in [0.2, 0.25) is 0 Å². The fourth-order valence-corrected chi connectivity index (χ4v) is 4.66. The maximum atomic E-state index is 9.80. The second kappa shape index (κ2) is 9.63. The molecule has 7 heteroatoms. The van der Waals surface area contributed by atoms with Crippen molar-refractivity contribution in [1.29, 1.82) is 5.26 Å². The zero-order valence-corrected chi connectivity index (χ0v) is 19.6. The Morgan fingerprint density at radius 1 is 1.20 bits per heavy atom. The molecule has 174 valence electrons. The summed E-state index contributed by atoms with van der Waals surface area (Å²) in [4.78, 5) is 15.8. The normalized spacial score (nSPS) is 15.7. The van der Waals surface area contributed by atoms with Gasteiger partial charge in [0.1, 0.15) is 11.6 Å². The molecular weight excluding hydrogens is 436 g/mol. The van der Waals surface area contributed by atoms with Gasteiger partial charge in [0.05, 0.1) is 17.4 Å². The highest BCUT2D eigenvalue weighted by molar-refractivity contribution is 5.91. The number of aliphatic hydroxyl groups excluding tert-OH is 1. The van der Waals surface area contributed by atoms with E-state index < -0.39 is 0 Å². The molecule has 5 rings (SSSR count). The van der Waals surface area contributed by atoms with E-state index in [0.717, 1.165) is 58.4 Å². The first kappa shape index (κ1) is 22.7. The minimum absolute atomic E-state index is 0.234. The fraction of sp³-hybridized carbons (Fsp3) is 0.214. The largest absolute Gasteiger partial charge is 0.392 e. The third-order valence-electron chi connectivity index (χ3n) is 6.47. The summed E-state index contributed by atoms with van der Waals surface area (Å²) in [5.41, 5.74) is 6.63. The number of nitrogens with zero attached hydrogens (tertiary/aromatic N) is 5. The molecule has 2 N–H and O–H groups in total. The van der Waals surface area contributed by atoms with Gasteiger partial charge in [-0.15, -0.1) is 0 Å². The Labute approximate surface area is 204 Å². The highest BCUT2D eigenvalue weighted by Crippen LogP contribution is 2.34. The molecule has 0 bridgehead atoms. The number of aromatic nitrogens is 3. The third-order valence-corrected chi connectivity index (χ3v) is 6.47. The minimum Gasteiger partial charge on any atom is -0.392 e. The van der Waals surface area contributed by atoms with Crippen molar-refractivity contribution >= 4 is 28.5 Å². The summed E-state index contributed by atoms with van der Waals surface area (Å²) >= 11 is 0. The van der Waals surface area contributed by atoms with Gasteiger partial charge in [-0.3, -0.25) is 14.9 Å². The number of nitrogens with one attached hydrogen (secondary N) is 1. The van der Waals surface area contributed by atoms with Gasteiger partial charge in [0, 0.05) is 54.9 Å². The van der Waals surface area contributed by atoms with Crippen molar-refractivity contribution in [3.8, 4) is 17.2 Å². The van der Waals surface area contributed by atoms with Crippen LogP contribution in [0.1, 0.15) is 28.8 Å². The summed E-state index contributed by atoms with van der Waals surface area (Å²) in [5, 5.41) is 24.0. The predicted molar refractivity (Wildman–Crippen MR) is 138 cm³/mol. The zero-order valence-electron chi connectivity index (χ0n) is 19.6. The highest BCUT2D eigenvalue weighted by atomic mass is 16.3. The number of rotatable bonds is 6. The summed E-state index contributed by atoms with van der Waals surface area (Å²) in [6, 6.07) is 14.2. The van der Waals surface area contributed by atoms with E-state index in [-0.39, 0.29) is 6.10 Å². The minimum atomic E-state index is -0.234. The first-order chi connectivity index (χ1) is 17.1. The van der Waals surface area contributed by atoms with Crippen LogP contribution < -0.4 is 5.32 Å². The van der Waals surface area contributed by atoms with Gasteiger partial charge >= 0.3 is 0 Å². The average molecular weight is 463 g/mol. The monoisotopic (exact) mass is 462 g/mol. The molecule has 4 heterocycles. The molecule has 0 aliphatic carbocycles. The summed E-state index contributed by atoms with van der Waals surface area (Å²) < 4.78 is 0. The standard InChI is InChI=1S/C28H26N6O/c1-3-25-24(14-29)23(8-11-30-25)22-5-4-6-26(18(22)2)33-28-27-20(7-10-31-28)13-19(15-32-27)16-34-12-9-21(35)17-34/h3-8,10-11,13,15,21,35H,1,9,12,16-17H2,2H3,(H,31,33)/t21-/m1/s1. The second-order valence-corrected chi connectivity index (χ2v) is 8.79. The Morgan fingerprint density at radius 2 is 2.06 bits per heavy atom. The van der Waals surface area contributed by atoms with Gasteiger partial charge in [0.15, 0.2) is 5.82 Å². The van der Waals surface area contributed by atoms with Crippen molar-refractivity contribution in [3.05, 3.63) is 84.0 Å². The number of β-amino-alcohol motifs (C(OH)–C–C–N with tert-alkyl or cyclic N) is 1. The number of benzene rings is 1. The molecular formula is C28H26N6O. The summed E-state index contributed by atoms with van der Waals surface area (Å²) in [6.07, 6.45) is 7.55. The van der Waals surface area contributed by atoms with E-state index in [1.807, 2.05) is 43.5 Å². The number of fused-ring (bicyclic) bond motifs is 1. The zero-order chi connectivity index (χ0) is 24.4. The maximum absolute atomic E-state index is 9.80. The highest BCUT2D eigenvalue weighted by Gasteiger charge is 2.20. The predicted octanol–water partition coefficient (Wildman–Crippen LogP) is 4.83. The Bertz CT molecular complexity index is 1460. The van der Waals surface area contributed by atoms with Crippen molar-refractivity contribution in [2.75, 3.05) is 18.4 Å². The molecule has 1 aromatic carbocycles. The van der Waals surface area contributed by atoms with E-state index in [2.05, 4.69) is 38.9 Å². The van der Waals surface area contributed by atoms with Crippen LogP contribution >= 0.6 is 0 Å². The second-order valence-electron chi connectivity index (χ2n) is 8.79. The number of aliphatic hydroxyl groups is 1. The SMILES string of the molecule is C=Cc1nccc(-c2cccc(Nc3nccc4cc(CN5CC[C@@H](O)C5)cnc34)c2C)c1C#N. The molecule has 7 nitrogen and oxygen atoms in total. The molecule has 1 fully saturated rings. The Morgan fingerprint density at radius 3 is 2.83 bits per heavy atom. The van der Waals surface area contributed by atoms with E-state index in [4.69, 9.17) is 4.98 Å². The molecule has 1 saturated heterocycles. The number of hydrogen-bond acceptors (Lipinski definition) is 7. The number of anilines is 2. The first-order valence-corrected chi connectivity index (χ1v) is 11.6. The van der Waals surface area contributed by atoms with Gasteiger partial charge in [0.25, 0.3) is 0 Å². The van der Waals surface area contributed by atoms with E-state index in [0.29, 0.717) is 23.6 Å². The molecule has 0 amide bonds. The van der Waals surface area contributed by atoms with Gasteiger partial charge in [-0.2, -0.15) is 5.26 Å². The molecule has 3 aromatic heterocycles. The van der Waals surface area contributed by atoms with Crippen LogP contribution in [-0.4, -0.2) is 44.2 Å². The number of hydrogen-bond donors (Lipinski definition) is 2. The third kappa shape index (κ3) is 4.50. The van der Waals surface area contributed by atoms with Crippen molar-refractivity contribution in [1.82, 2.24) is 19.9 Å². The average Bonchev–Trinajstić information content (AvgIpc) is 3.29. The van der Waals surface area contributed by atoms with Gasteiger partial charge in [0.2, 0.25) is 0 Å². The Kier molecular flexibility index (Phi) is 6.23. The van der Waals surface area contributed by atoms with Gasteiger partial charge in [-0.25, -0.2) is 4.98 Å². The molecule has 1 atom stereocenters. The summed E-state index contributed by atoms with van der Waals surface area (Å²) in [7, 11) is 0. The lowest BCUT2D eigenvalue weighted by Crippen LogP contribution is -2.21. The van der Waals surface area contributed by atoms with Gasteiger partial charge in [-0.1, -0.05) is 18.7 Å². The number of likely N-dealkylation sites (tertiary alicyclic amines) is 1. The lowest BCUT2D eigenvalue weighted by atomic mass is 9.95. The van der Waals surface area contributed by atoms with Gasteiger partial charge < -0.3 is 10.4 Å². The molecule has 0 spiro atoms. The molecule has 4 aromatic rings. The van der Waals surface area contributed by atoms with Crippen LogP contribution in [0.3, 0.4) is 0 Å². The van der Waals surface area contributed by atoms with E-state index >= 15 is 0 Å². The molecule has 35 heavy (non-hydrogen) atoms. The van der Waals surface area contributed by atoms with E-state index in [9.17, 15) is 10.4 Å². The first-order valence-electron chi connectivity index (χ1n) is 11.6. The summed E-state index contributed by atoms with van der Waals surface area (Å²) in [5.74, 6) is 0.674. The molecule has 1 aliphatic heterocycles. The lowest BCUT2D eigenvalue weighted by Gasteiger charge is -2.16. The van der Waals surface area contributed by atoms with Crippen molar-refractivity contribution in [2.24, 2.45) is 0 Å². The van der Waals surface area contributed by atoms with Crippen molar-refractivity contribution in [2.45, 2.75) is 26.0 Å². The Hall–Kier alpha value is -4.12. The van der Waals surface area contributed by atoms with Crippen LogP contribution in [0.4, 0.5) is 11.5 Å². The van der Waals surface area contributed by atoms with Crippen LogP contribution in [-0.2, 0) is 6.54 Å². The van der Waals surface area contributed by atoms with Gasteiger partial charge in [-0.05, 0) is 60.4 Å². The maximum Gasteiger partial charge on any atom is 0.156 e. The van der Waals surface area contributed by atoms with Crippen LogP contribution in [0, 0.1) is 18.3 Å². The number of pyridine rings is 3. The fourth-order valence-electron chi connectivity index (χ4n) is 4.66. The Balaban J connectivity index is 1.47. The lowest BCUT2D eigenvalue weighted by molar-refractivity contribution is 0.175. The molecule has 0 unspecified atom stereocenters. The van der Waals surface area contributed by atoms with Crippen molar-refractivity contribution in [3.63, 3.8) is 0 Å². The number of nitriles is 1. The van der Waals surface area contributed by atoms with Crippen LogP contribution in [0.15, 0.2) is 61.6 Å². The molecule has 1 aliphatic rings. The smallest absolute Gasteiger partial charge is 0.156 e. The molecule has 0 saturated carbocycles. The van der Waals surface area contributed by atoms with Crippen LogP contribution in [0.25, 0.3) is 28.1 Å². The van der Waals surface area contributed by atoms with Crippen LogP contribution in [0.5, 0.6) is 0 Å².